The van der Waals surface area contributed by atoms with Gasteiger partial charge in [0.15, 0.2) is 0 Å². The van der Waals surface area contributed by atoms with Crippen LogP contribution in [0.2, 0.25) is 5.02 Å². The van der Waals surface area contributed by atoms with E-state index >= 15 is 0 Å². The van der Waals surface area contributed by atoms with E-state index in [0.29, 0.717) is 13.1 Å². The van der Waals surface area contributed by atoms with Crippen molar-refractivity contribution < 1.29 is 13.3 Å². The second-order valence-electron chi connectivity index (χ2n) is 6.21. The van der Waals surface area contributed by atoms with Gasteiger partial charge in [0.05, 0.1) is 26.2 Å². The van der Waals surface area contributed by atoms with Crippen molar-refractivity contribution in [1.82, 2.24) is 4.31 Å². The first kappa shape index (κ1) is 18.1. The Labute approximate surface area is 154 Å². The van der Waals surface area contributed by atoms with Crippen LogP contribution in [0.5, 0.6) is 0 Å². The number of quaternary nitrogens is 1. The zero-order chi connectivity index (χ0) is 17.7. The van der Waals surface area contributed by atoms with Crippen LogP contribution in [0.4, 0.5) is 0 Å². The number of benzene rings is 2. The number of halogens is 1. The molecule has 132 valence electrons. The lowest BCUT2D eigenvalue weighted by atomic mass is 10.2. The van der Waals surface area contributed by atoms with E-state index in [1.54, 1.807) is 10.4 Å². The molecule has 0 saturated carbocycles. The van der Waals surface area contributed by atoms with E-state index in [4.69, 9.17) is 11.6 Å². The van der Waals surface area contributed by atoms with Gasteiger partial charge in [-0.1, -0.05) is 54.1 Å². The Balaban J connectivity index is 1.57. The van der Waals surface area contributed by atoms with Gasteiger partial charge in [0.2, 0.25) is 10.0 Å². The minimum Gasteiger partial charge on any atom is -0.329 e. The highest BCUT2D eigenvalue weighted by Crippen LogP contribution is 2.11. The summed E-state index contributed by atoms with van der Waals surface area (Å²) in [6.45, 7) is 3.54. The molecular formula is C19H22ClN2O2S+. The lowest BCUT2D eigenvalue weighted by Gasteiger charge is -2.30. The summed E-state index contributed by atoms with van der Waals surface area (Å²) >= 11 is 6.03. The molecule has 2 aromatic rings. The van der Waals surface area contributed by atoms with Crippen LogP contribution in [0.1, 0.15) is 11.1 Å². The molecule has 1 fully saturated rings. The highest BCUT2D eigenvalue weighted by Gasteiger charge is 2.27. The molecule has 6 heteroatoms. The molecule has 1 saturated heterocycles. The summed E-state index contributed by atoms with van der Waals surface area (Å²) in [5.74, 6) is 0. The summed E-state index contributed by atoms with van der Waals surface area (Å²) in [5.41, 5.74) is 2.07. The normalized spacial score (nSPS) is 17.2. The van der Waals surface area contributed by atoms with Gasteiger partial charge in [-0.3, -0.25) is 0 Å². The highest BCUT2D eigenvalue weighted by atomic mass is 35.5. The number of hydrogen-bond acceptors (Lipinski definition) is 2. The van der Waals surface area contributed by atoms with E-state index < -0.39 is 10.0 Å². The summed E-state index contributed by atoms with van der Waals surface area (Å²) in [4.78, 5) is 1.38. The topological polar surface area (TPSA) is 41.8 Å². The molecule has 2 aromatic carbocycles. The number of nitrogens with one attached hydrogen (secondary N) is 1. The summed E-state index contributed by atoms with van der Waals surface area (Å²) in [5, 5.41) is 2.05. The average molecular weight is 378 g/mol. The molecule has 0 spiro atoms. The fraction of sp³-hybridized carbons (Fsp3) is 0.263. The lowest BCUT2D eigenvalue weighted by molar-refractivity contribution is -0.917. The third-order valence-corrected chi connectivity index (χ3v) is 6.16. The lowest BCUT2D eigenvalue weighted by Crippen LogP contribution is -3.13. The highest BCUT2D eigenvalue weighted by molar-refractivity contribution is 7.92. The Morgan fingerprint density at radius 1 is 1.04 bits per heavy atom. The van der Waals surface area contributed by atoms with E-state index in [1.807, 2.05) is 48.5 Å². The predicted octanol–water partition coefficient (Wildman–Crippen LogP) is 2.04. The zero-order valence-corrected chi connectivity index (χ0v) is 15.5. The molecular weight excluding hydrogens is 356 g/mol. The smallest absolute Gasteiger partial charge is 0.236 e. The van der Waals surface area contributed by atoms with Gasteiger partial charge in [-0.2, -0.15) is 4.31 Å². The van der Waals surface area contributed by atoms with Crippen LogP contribution in [-0.4, -0.2) is 38.9 Å². The van der Waals surface area contributed by atoms with E-state index in [2.05, 4.69) is 6.07 Å². The van der Waals surface area contributed by atoms with E-state index in [1.165, 1.54) is 15.9 Å². The summed E-state index contributed by atoms with van der Waals surface area (Å²) < 4.78 is 26.5. The predicted molar refractivity (Wildman–Crippen MR) is 102 cm³/mol. The minimum absolute atomic E-state index is 0.539. The Hall–Kier alpha value is -1.66. The van der Waals surface area contributed by atoms with Gasteiger partial charge in [0.1, 0.15) is 6.54 Å². The molecule has 0 radical (unpaired) electrons. The Kier molecular flexibility index (Phi) is 5.91. The second kappa shape index (κ2) is 8.15. The van der Waals surface area contributed by atoms with Crippen LogP contribution in [0.15, 0.2) is 60.0 Å². The van der Waals surface area contributed by atoms with Gasteiger partial charge in [-0.05, 0) is 23.8 Å². The van der Waals surface area contributed by atoms with Crippen molar-refractivity contribution in [2.75, 3.05) is 26.2 Å². The number of piperazine rings is 1. The molecule has 1 aliphatic heterocycles. The molecule has 0 aromatic heterocycles. The van der Waals surface area contributed by atoms with Gasteiger partial charge in [0.25, 0.3) is 0 Å². The summed E-state index contributed by atoms with van der Waals surface area (Å²) in [6, 6.07) is 17.3. The van der Waals surface area contributed by atoms with Crippen LogP contribution < -0.4 is 4.90 Å². The Morgan fingerprint density at radius 2 is 1.76 bits per heavy atom. The molecule has 0 atom stereocenters. The molecule has 25 heavy (non-hydrogen) atoms. The summed E-state index contributed by atoms with van der Waals surface area (Å²) in [6.07, 6.45) is 1.65. The number of nitrogens with zero attached hydrogens (tertiary/aromatic N) is 1. The SMILES string of the molecule is O=S(=O)(/C=C/c1ccccc1)N1CC[NH+](Cc2cccc(Cl)c2)CC1. The van der Waals surface area contributed by atoms with Gasteiger partial charge in [0, 0.05) is 16.0 Å². The van der Waals surface area contributed by atoms with E-state index in [-0.39, 0.29) is 0 Å². The van der Waals surface area contributed by atoms with Crippen molar-refractivity contribution in [3.8, 4) is 0 Å². The van der Waals surface area contributed by atoms with Crippen LogP contribution in [0, 0.1) is 0 Å². The maximum Gasteiger partial charge on any atom is 0.236 e. The standard InChI is InChI=1S/C19H21ClN2O2S/c20-19-8-4-7-18(15-19)16-21-10-12-22(13-11-21)25(23,24)14-9-17-5-2-1-3-6-17/h1-9,14-15H,10-13,16H2/p+1/b14-9+. The second-order valence-corrected chi connectivity index (χ2v) is 8.47. The van der Waals surface area contributed by atoms with Gasteiger partial charge < -0.3 is 4.90 Å². The fourth-order valence-electron chi connectivity index (χ4n) is 2.98. The number of sulfonamides is 1. The Morgan fingerprint density at radius 3 is 2.44 bits per heavy atom. The van der Waals surface area contributed by atoms with Crippen LogP contribution in [0.25, 0.3) is 6.08 Å². The molecule has 0 aliphatic carbocycles. The molecule has 3 rings (SSSR count). The van der Waals surface area contributed by atoms with Crippen molar-refractivity contribution in [3.63, 3.8) is 0 Å². The zero-order valence-electron chi connectivity index (χ0n) is 13.9. The van der Waals surface area contributed by atoms with Crippen molar-refractivity contribution in [3.05, 3.63) is 76.2 Å². The largest absolute Gasteiger partial charge is 0.329 e. The number of hydrogen-bond donors (Lipinski definition) is 1. The van der Waals surface area contributed by atoms with E-state index in [9.17, 15) is 8.42 Å². The molecule has 1 N–H and O–H groups in total. The van der Waals surface area contributed by atoms with Gasteiger partial charge in [-0.15, -0.1) is 0 Å². The van der Waals surface area contributed by atoms with Crippen molar-refractivity contribution in [2.24, 2.45) is 0 Å². The quantitative estimate of drug-likeness (QED) is 0.866. The molecule has 4 nitrogen and oxygen atoms in total. The van der Waals surface area contributed by atoms with E-state index in [0.717, 1.165) is 30.2 Å². The fourth-order valence-corrected chi connectivity index (χ4v) is 4.39. The maximum absolute atomic E-state index is 12.5. The molecule has 0 amide bonds. The molecule has 0 unspecified atom stereocenters. The summed E-state index contributed by atoms with van der Waals surface area (Å²) in [7, 11) is -3.37. The minimum atomic E-state index is -3.37. The molecule has 1 aliphatic rings. The third kappa shape index (κ3) is 5.16. The third-order valence-electron chi connectivity index (χ3n) is 4.36. The molecule has 1 heterocycles. The first-order valence-corrected chi connectivity index (χ1v) is 10.2. The van der Waals surface area contributed by atoms with Crippen LogP contribution in [0.3, 0.4) is 0 Å². The van der Waals surface area contributed by atoms with Crippen molar-refractivity contribution in [1.29, 1.82) is 0 Å². The monoisotopic (exact) mass is 377 g/mol. The van der Waals surface area contributed by atoms with Crippen LogP contribution >= 0.6 is 11.6 Å². The van der Waals surface area contributed by atoms with Crippen molar-refractivity contribution >= 4 is 27.7 Å². The van der Waals surface area contributed by atoms with Gasteiger partial charge in [-0.25, -0.2) is 8.42 Å². The first-order chi connectivity index (χ1) is 12.0. The van der Waals surface area contributed by atoms with Crippen molar-refractivity contribution in [2.45, 2.75) is 6.54 Å². The average Bonchev–Trinajstić information content (AvgIpc) is 2.62. The maximum atomic E-state index is 12.5. The Bertz CT molecular complexity index is 830. The number of rotatable bonds is 5. The van der Waals surface area contributed by atoms with Gasteiger partial charge >= 0.3 is 0 Å². The first-order valence-electron chi connectivity index (χ1n) is 8.34. The van der Waals surface area contributed by atoms with Crippen LogP contribution in [-0.2, 0) is 16.6 Å². The molecule has 0 bridgehead atoms.